The van der Waals surface area contributed by atoms with E-state index in [0.717, 1.165) is 0 Å². The van der Waals surface area contributed by atoms with Crippen molar-refractivity contribution < 1.29 is 22.6 Å². The van der Waals surface area contributed by atoms with Crippen molar-refractivity contribution in [2.75, 3.05) is 14.2 Å². The Balaban J connectivity index is 2.98. The zero-order chi connectivity index (χ0) is 15.8. The highest BCUT2D eigenvalue weighted by molar-refractivity contribution is 5.86. The molecule has 0 aliphatic rings. The molecule has 1 aromatic carbocycles. The average Bonchev–Trinajstić information content (AvgIpc) is 2.44. The molecule has 1 aromatic heterocycles. The topological polar surface area (TPSA) is 40.5 Å². The second kappa shape index (κ2) is 5.31. The lowest BCUT2D eigenvalue weighted by Gasteiger charge is -2.16. The third-order valence-corrected chi connectivity index (χ3v) is 3.24. The van der Waals surface area contributed by atoms with Gasteiger partial charge in [0.2, 0.25) is 0 Å². The summed E-state index contributed by atoms with van der Waals surface area (Å²) in [4.78, 5) is 11.9. The number of aromatic nitrogens is 1. The van der Waals surface area contributed by atoms with E-state index in [2.05, 4.69) is 0 Å². The number of halogens is 3. The van der Waals surface area contributed by atoms with Crippen LogP contribution in [0.15, 0.2) is 23.0 Å². The third-order valence-electron chi connectivity index (χ3n) is 3.24. The lowest BCUT2D eigenvalue weighted by Crippen LogP contribution is -2.22. The molecule has 4 nitrogen and oxygen atoms in total. The number of nitrogens with zero attached hydrogens (tertiary/aromatic N) is 1. The van der Waals surface area contributed by atoms with Gasteiger partial charge in [-0.15, -0.1) is 0 Å². The van der Waals surface area contributed by atoms with Crippen molar-refractivity contribution in [3.8, 4) is 11.5 Å². The number of alkyl halides is 3. The number of fused-ring (bicyclic) bond motifs is 1. The first kappa shape index (κ1) is 15.2. The van der Waals surface area contributed by atoms with Gasteiger partial charge in [0.25, 0.3) is 5.56 Å². The van der Waals surface area contributed by atoms with Crippen LogP contribution in [-0.2, 0) is 12.7 Å². The van der Waals surface area contributed by atoms with Gasteiger partial charge >= 0.3 is 6.18 Å². The molecule has 0 spiro atoms. The first-order chi connectivity index (χ1) is 9.83. The van der Waals surface area contributed by atoms with Gasteiger partial charge in [-0.2, -0.15) is 13.2 Å². The SMILES string of the molecule is CCn1c(=O)cc(C(F)(F)F)c2cc(OC)c(OC)cc21. The minimum atomic E-state index is -4.62. The fourth-order valence-corrected chi connectivity index (χ4v) is 2.27. The molecule has 0 aliphatic carbocycles. The average molecular weight is 301 g/mol. The lowest BCUT2D eigenvalue weighted by molar-refractivity contribution is -0.136. The molecule has 0 aliphatic heterocycles. The van der Waals surface area contributed by atoms with E-state index in [9.17, 15) is 18.0 Å². The van der Waals surface area contributed by atoms with Crippen LogP contribution in [0.4, 0.5) is 13.2 Å². The second-order valence-electron chi connectivity index (χ2n) is 4.36. The quantitative estimate of drug-likeness (QED) is 0.875. The molecule has 0 amide bonds. The van der Waals surface area contributed by atoms with E-state index < -0.39 is 17.3 Å². The zero-order valence-electron chi connectivity index (χ0n) is 11.7. The summed E-state index contributed by atoms with van der Waals surface area (Å²) in [5, 5.41) is -0.0957. The highest BCUT2D eigenvalue weighted by Crippen LogP contribution is 2.38. The van der Waals surface area contributed by atoms with Crippen LogP contribution in [0.5, 0.6) is 11.5 Å². The Labute approximate surface area is 118 Å². The van der Waals surface area contributed by atoms with Gasteiger partial charge in [-0.1, -0.05) is 0 Å². The van der Waals surface area contributed by atoms with Crippen LogP contribution in [0.2, 0.25) is 0 Å². The summed E-state index contributed by atoms with van der Waals surface area (Å²) in [5.74, 6) is 0.447. The largest absolute Gasteiger partial charge is 0.493 e. The second-order valence-corrected chi connectivity index (χ2v) is 4.36. The number of aryl methyl sites for hydroxylation is 1. The maximum absolute atomic E-state index is 13.1. The summed E-state index contributed by atoms with van der Waals surface area (Å²) >= 11 is 0. The van der Waals surface area contributed by atoms with Crippen LogP contribution in [0.1, 0.15) is 12.5 Å². The standard InChI is InChI=1S/C14H14F3NO3/c1-4-18-10-7-12(21-3)11(20-2)5-8(10)9(6-13(18)19)14(15,16)17/h5-7H,4H2,1-3H3. The first-order valence-electron chi connectivity index (χ1n) is 6.20. The van der Waals surface area contributed by atoms with Gasteiger partial charge < -0.3 is 14.0 Å². The maximum Gasteiger partial charge on any atom is 0.417 e. The van der Waals surface area contributed by atoms with Crippen LogP contribution in [0.25, 0.3) is 10.9 Å². The molecule has 7 heteroatoms. The van der Waals surface area contributed by atoms with E-state index in [1.165, 1.54) is 30.9 Å². The summed E-state index contributed by atoms with van der Waals surface area (Å²) < 4.78 is 50.8. The summed E-state index contributed by atoms with van der Waals surface area (Å²) in [5.41, 5.74) is -1.52. The van der Waals surface area contributed by atoms with E-state index in [1.807, 2.05) is 0 Å². The Morgan fingerprint density at radius 1 is 1.10 bits per heavy atom. The molecule has 2 aromatic rings. The molecule has 0 saturated carbocycles. The maximum atomic E-state index is 13.1. The normalized spacial score (nSPS) is 11.7. The Morgan fingerprint density at radius 2 is 1.67 bits per heavy atom. The molecule has 1 heterocycles. The van der Waals surface area contributed by atoms with Crippen molar-refractivity contribution in [2.45, 2.75) is 19.6 Å². The van der Waals surface area contributed by atoms with Crippen LogP contribution >= 0.6 is 0 Å². The predicted octanol–water partition coefficient (Wildman–Crippen LogP) is 3.06. The molecule has 21 heavy (non-hydrogen) atoms. The van der Waals surface area contributed by atoms with Gasteiger partial charge in [-0.3, -0.25) is 4.79 Å². The molecule has 0 bridgehead atoms. The number of methoxy groups -OCH3 is 2. The summed E-state index contributed by atoms with van der Waals surface area (Å²) in [6.45, 7) is 1.94. The van der Waals surface area contributed by atoms with E-state index in [4.69, 9.17) is 9.47 Å². The fourth-order valence-electron chi connectivity index (χ4n) is 2.27. The Bertz CT molecular complexity index is 735. The molecular formula is C14H14F3NO3. The number of pyridine rings is 1. The molecule has 114 valence electrons. The van der Waals surface area contributed by atoms with Gasteiger partial charge in [-0.05, 0) is 13.0 Å². The molecule has 0 N–H and O–H groups in total. The summed E-state index contributed by atoms with van der Waals surface area (Å²) in [7, 11) is 2.72. The fraction of sp³-hybridized carbons (Fsp3) is 0.357. The number of hydrogen-bond donors (Lipinski definition) is 0. The molecule has 0 radical (unpaired) electrons. The minimum absolute atomic E-state index is 0.0957. The summed E-state index contributed by atoms with van der Waals surface area (Å²) in [6, 6.07) is 3.23. The minimum Gasteiger partial charge on any atom is -0.493 e. The van der Waals surface area contributed by atoms with Gasteiger partial charge in [0, 0.05) is 24.1 Å². The third kappa shape index (κ3) is 2.55. The summed E-state index contributed by atoms with van der Waals surface area (Å²) in [6.07, 6.45) is -4.62. The first-order valence-corrected chi connectivity index (χ1v) is 6.20. The van der Waals surface area contributed by atoms with Crippen LogP contribution in [0.3, 0.4) is 0 Å². The molecule has 0 saturated heterocycles. The molecule has 0 unspecified atom stereocenters. The van der Waals surface area contributed by atoms with Crippen molar-refractivity contribution >= 4 is 10.9 Å². The monoisotopic (exact) mass is 301 g/mol. The zero-order valence-corrected chi connectivity index (χ0v) is 11.7. The number of benzene rings is 1. The van der Waals surface area contributed by atoms with E-state index in [0.29, 0.717) is 6.07 Å². The molecule has 2 rings (SSSR count). The van der Waals surface area contributed by atoms with Crippen molar-refractivity contribution in [3.05, 3.63) is 34.1 Å². The smallest absolute Gasteiger partial charge is 0.417 e. The van der Waals surface area contributed by atoms with Gasteiger partial charge in [0.1, 0.15) is 0 Å². The van der Waals surface area contributed by atoms with Crippen molar-refractivity contribution in [3.63, 3.8) is 0 Å². The number of ether oxygens (including phenoxy) is 2. The lowest BCUT2D eigenvalue weighted by atomic mass is 10.1. The highest BCUT2D eigenvalue weighted by atomic mass is 19.4. The molecular weight excluding hydrogens is 287 g/mol. The van der Waals surface area contributed by atoms with E-state index >= 15 is 0 Å². The van der Waals surface area contributed by atoms with Crippen molar-refractivity contribution in [1.82, 2.24) is 4.57 Å². The van der Waals surface area contributed by atoms with Crippen LogP contribution in [0, 0.1) is 0 Å². The molecule has 0 atom stereocenters. The van der Waals surface area contributed by atoms with Gasteiger partial charge in [-0.25, -0.2) is 0 Å². The van der Waals surface area contributed by atoms with Crippen molar-refractivity contribution in [2.24, 2.45) is 0 Å². The van der Waals surface area contributed by atoms with Gasteiger partial charge in [0.15, 0.2) is 11.5 Å². The Morgan fingerprint density at radius 3 is 2.14 bits per heavy atom. The Kier molecular flexibility index (Phi) is 3.85. The van der Waals surface area contributed by atoms with Crippen molar-refractivity contribution in [1.29, 1.82) is 0 Å². The Hall–Kier alpha value is -2.18. The number of rotatable bonds is 3. The van der Waals surface area contributed by atoms with E-state index in [1.54, 1.807) is 6.92 Å². The van der Waals surface area contributed by atoms with E-state index in [-0.39, 0.29) is 28.9 Å². The van der Waals surface area contributed by atoms with Crippen LogP contribution in [-0.4, -0.2) is 18.8 Å². The number of hydrogen-bond acceptors (Lipinski definition) is 3. The predicted molar refractivity (Wildman–Crippen MR) is 72.0 cm³/mol. The molecule has 0 fully saturated rings. The van der Waals surface area contributed by atoms with Gasteiger partial charge in [0.05, 0.1) is 25.3 Å². The van der Waals surface area contributed by atoms with Crippen LogP contribution < -0.4 is 15.0 Å². The highest BCUT2D eigenvalue weighted by Gasteiger charge is 2.34.